The third-order valence-electron chi connectivity index (χ3n) is 8.64. The summed E-state index contributed by atoms with van der Waals surface area (Å²) in [5.41, 5.74) is 13.0. The van der Waals surface area contributed by atoms with E-state index < -0.39 is 18.2 Å². The Kier molecular flexibility index (Phi) is 8.42. The molecule has 0 aliphatic carbocycles. The van der Waals surface area contributed by atoms with Crippen LogP contribution in [-0.4, -0.2) is 52.9 Å². The number of aliphatic hydroxyl groups excluding tert-OH is 3. The monoisotopic (exact) mass is 584 g/mol. The Balaban J connectivity index is 1.95. The Morgan fingerprint density at radius 1 is 0.721 bits per heavy atom. The molecule has 5 rings (SSSR count). The van der Waals surface area contributed by atoms with E-state index in [0.717, 1.165) is 72.5 Å². The summed E-state index contributed by atoms with van der Waals surface area (Å²) in [6, 6.07) is 7.78. The minimum atomic E-state index is -0.882. The zero-order valence-electron chi connectivity index (χ0n) is 25.6. The van der Waals surface area contributed by atoms with Gasteiger partial charge in [0.2, 0.25) is 0 Å². The van der Waals surface area contributed by atoms with E-state index in [1.807, 2.05) is 52.0 Å². The van der Waals surface area contributed by atoms with Crippen LogP contribution in [0.2, 0.25) is 0 Å². The quantitative estimate of drug-likeness (QED) is 0.176. The zero-order chi connectivity index (χ0) is 31.2. The van der Waals surface area contributed by atoms with Crippen LogP contribution in [0.25, 0.3) is 44.4 Å². The van der Waals surface area contributed by atoms with Gasteiger partial charge in [-0.15, -0.1) is 0 Å². The molecule has 6 N–H and O–H groups in total. The maximum atomic E-state index is 11.6. The molecule has 8 bridgehead atoms. The van der Waals surface area contributed by atoms with Crippen molar-refractivity contribution >= 4 is 50.3 Å². The van der Waals surface area contributed by atoms with Crippen LogP contribution in [0.15, 0.2) is 24.3 Å². The van der Waals surface area contributed by atoms with E-state index in [1.165, 1.54) is 0 Å². The van der Waals surface area contributed by atoms with Gasteiger partial charge in [-0.1, -0.05) is 0 Å². The lowest BCUT2D eigenvalue weighted by atomic mass is 9.98. The molecule has 2 aliphatic rings. The molecule has 226 valence electrons. The molecule has 0 saturated carbocycles. The third kappa shape index (κ3) is 5.68. The van der Waals surface area contributed by atoms with Gasteiger partial charge in [0.25, 0.3) is 0 Å². The fourth-order valence-electron chi connectivity index (χ4n) is 6.34. The lowest BCUT2D eigenvalue weighted by molar-refractivity contribution is -0.136. The molecule has 9 heteroatoms. The minimum absolute atomic E-state index is 0.0316. The van der Waals surface area contributed by atoms with E-state index in [-0.39, 0.29) is 13.0 Å². The molecule has 43 heavy (non-hydrogen) atoms. The summed E-state index contributed by atoms with van der Waals surface area (Å²) in [7, 11) is 0. The van der Waals surface area contributed by atoms with Gasteiger partial charge < -0.3 is 30.4 Å². The number of fused-ring (bicyclic) bond motifs is 8. The Morgan fingerprint density at radius 3 is 1.67 bits per heavy atom. The molecule has 0 spiro atoms. The van der Waals surface area contributed by atoms with Crippen LogP contribution in [0, 0.1) is 13.8 Å². The van der Waals surface area contributed by atoms with Crippen LogP contribution in [0.5, 0.6) is 0 Å². The van der Waals surface area contributed by atoms with E-state index >= 15 is 0 Å². The molecule has 3 aromatic rings. The molecular formula is C34H40N4O5. The SMILES string of the molecule is CC1=C(CCCO)c2cc3nc(cc4[nH]c(cc5[nH]c(cc1n2)c(C)c5C(C)O)c(C)c4C(C)O)C(C)=C3CCC(=O)O. The second-order valence-electron chi connectivity index (χ2n) is 11.6. The highest BCUT2D eigenvalue weighted by Crippen LogP contribution is 2.38. The number of nitrogens with zero attached hydrogens (tertiary/aromatic N) is 2. The highest BCUT2D eigenvalue weighted by molar-refractivity contribution is 5.96. The van der Waals surface area contributed by atoms with Gasteiger partial charge in [0.15, 0.2) is 0 Å². The maximum Gasteiger partial charge on any atom is 0.303 e. The third-order valence-corrected chi connectivity index (χ3v) is 8.64. The van der Waals surface area contributed by atoms with Crippen LogP contribution in [0.1, 0.15) is 111 Å². The Bertz CT molecular complexity index is 1840. The maximum absolute atomic E-state index is 11.6. The lowest BCUT2D eigenvalue weighted by Crippen LogP contribution is -1.96. The number of aromatic amines is 2. The van der Waals surface area contributed by atoms with Crippen LogP contribution in [-0.2, 0) is 4.79 Å². The molecule has 0 radical (unpaired) electrons. The van der Waals surface area contributed by atoms with Crippen molar-refractivity contribution in [3.63, 3.8) is 0 Å². The van der Waals surface area contributed by atoms with Gasteiger partial charge >= 0.3 is 5.97 Å². The second-order valence-corrected chi connectivity index (χ2v) is 11.6. The van der Waals surface area contributed by atoms with Gasteiger partial charge in [0.1, 0.15) is 0 Å². The van der Waals surface area contributed by atoms with E-state index in [9.17, 15) is 25.2 Å². The van der Waals surface area contributed by atoms with Crippen molar-refractivity contribution in [1.82, 2.24) is 19.9 Å². The average Bonchev–Trinajstić information content (AvgIpc) is 3.59. The smallest absolute Gasteiger partial charge is 0.303 e. The number of aliphatic hydroxyl groups is 3. The first kappa shape index (κ1) is 30.4. The summed E-state index contributed by atoms with van der Waals surface area (Å²) in [5.74, 6) is -0.882. The molecule has 2 aliphatic heterocycles. The van der Waals surface area contributed by atoms with Gasteiger partial charge in [-0.2, -0.15) is 0 Å². The summed E-state index contributed by atoms with van der Waals surface area (Å²) in [6.07, 6.45) is 0.0116. The molecule has 9 nitrogen and oxygen atoms in total. The average molecular weight is 585 g/mol. The van der Waals surface area contributed by atoms with Crippen LogP contribution in [0.3, 0.4) is 0 Å². The molecule has 0 saturated heterocycles. The van der Waals surface area contributed by atoms with Crippen molar-refractivity contribution in [1.29, 1.82) is 0 Å². The highest BCUT2D eigenvalue weighted by atomic mass is 16.4. The number of H-pyrrole nitrogens is 2. The van der Waals surface area contributed by atoms with Gasteiger partial charge in [-0.25, -0.2) is 9.97 Å². The van der Waals surface area contributed by atoms with Crippen molar-refractivity contribution < 1.29 is 25.2 Å². The lowest BCUT2D eigenvalue weighted by Gasteiger charge is -2.05. The van der Waals surface area contributed by atoms with Gasteiger partial charge in [0, 0.05) is 46.2 Å². The highest BCUT2D eigenvalue weighted by Gasteiger charge is 2.23. The number of hydrogen-bond donors (Lipinski definition) is 6. The number of aliphatic carboxylic acids is 1. The van der Waals surface area contributed by atoms with Crippen molar-refractivity contribution in [2.45, 2.75) is 79.4 Å². The molecule has 2 unspecified atom stereocenters. The van der Waals surface area contributed by atoms with E-state index in [2.05, 4.69) is 9.97 Å². The number of nitrogens with one attached hydrogen (secondary N) is 2. The number of carboxylic acids is 1. The van der Waals surface area contributed by atoms with Gasteiger partial charge in [-0.05, 0) is 118 Å². The van der Waals surface area contributed by atoms with Crippen LogP contribution < -0.4 is 0 Å². The van der Waals surface area contributed by atoms with Gasteiger partial charge in [-0.3, -0.25) is 4.79 Å². The predicted octanol–water partition coefficient (Wildman–Crippen LogP) is 6.54. The molecule has 2 atom stereocenters. The fourth-order valence-corrected chi connectivity index (χ4v) is 6.34. The van der Waals surface area contributed by atoms with Crippen molar-refractivity contribution in [2.75, 3.05) is 6.61 Å². The number of rotatable bonds is 8. The largest absolute Gasteiger partial charge is 0.481 e. The number of carboxylic acid groups (broad SMARTS) is 1. The van der Waals surface area contributed by atoms with E-state index in [4.69, 9.17) is 9.97 Å². The predicted molar refractivity (Wildman–Crippen MR) is 170 cm³/mol. The number of aryl methyl sites for hydroxylation is 2. The Hall–Kier alpha value is -4.05. The number of hydrogen-bond acceptors (Lipinski definition) is 6. The molecule has 0 amide bonds. The van der Waals surface area contributed by atoms with Crippen molar-refractivity contribution in [2.24, 2.45) is 0 Å². The normalized spacial score (nSPS) is 14.9. The minimum Gasteiger partial charge on any atom is -0.481 e. The van der Waals surface area contributed by atoms with Crippen molar-refractivity contribution in [3.05, 3.63) is 69.3 Å². The first-order valence-electron chi connectivity index (χ1n) is 14.8. The van der Waals surface area contributed by atoms with E-state index in [1.54, 1.807) is 13.8 Å². The number of aromatic nitrogens is 4. The molecular weight excluding hydrogens is 544 g/mol. The first-order chi connectivity index (χ1) is 20.4. The summed E-state index contributed by atoms with van der Waals surface area (Å²) in [6.45, 7) is 11.4. The van der Waals surface area contributed by atoms with Gasteiger partial charge in [0.05, 0.1) is 35.0 Å². The summed E-state index contributed by atoms with van der Waals surface area (Å²) >= 11 is 0. The fraction of sp³-hybridized carbons (Fsp3) is 0.382. The summed E-state index contributed by atoms with van der Waals surface area (Å²) in [5, 5.41) is 40.7. The zero-order valence-corrected chi connectivity index (χ0v) is 25.6. The molecule has 5 heterocycles. The van der Waals surface area contributed by atoms with Crippen molar-refractivity contribution in [3.8, 4) is 0 Å². The second kappa shape index (κ2) is 11.9. The number of carbonyl (C=O) groups is 1. The summed E-state index contributed by atoms with van der Waals surface area (Å²) < 4.78 is 0. The molecule has 3 aromatic heterocycles. The van der Waals surface area contributed by atoms with Crippen LogP contribution >= 0.6 is 0 Å². The summed E-state index contributed by atoms with van der Waals surface area (Å²) in [4.78, 5) is 28.5. The number of allylic oxidation sites excluding steroid dienone is 4. The molecule has 0 fully saturated rings. The Labute approximate surface area is 250 Å². The molecule has 0 aromatic carbocycles. The first-order valence-corrected chi connectivity index (χ1v) is 14.8. The standard InChI is InChI=1S/C34H40N4O5/c1-16-22(8-7-11-39)28-15-29-23(9-10-32(42)43)17(2)25(36-29)13-30-34(21(6)41)19(4)27(38-30)14-31-33(20(5)40)18(3)26(37-31)12-24(16)35-28/h12-15,20-21,37-41H,7-11H2,1-6H3,(H,42,43). The van der Waals surface area contributed by atoms with Crippen LogP contribution in [0.4, 0.5) is 0 Å². The topological polar surface area (TPSA) is 155 Å². The van der Waals surface area contributed by atoms with E-state index in [0.29, 0.717) is 36.2 Å². The Morgan fingerprint density at radius 2 is 1.19 bits per heavy atom.